The molecular formula is C12H15NS. The summed E-state index contributed by atoms with van der Waals surface area (Å²) in [6.45, 7) is 7.88. The zero-order valence-corrected chi connectivity index (χ0v) is 9.40. The molecule has 0 saturated heterocycles. The van der Waals surface area contributed by atoms with Crippen LogP contribution in [0.1, 0.15) is 18.1 Å². The summed E-state index contributed by atoms with van der Waals surface area (Å²) >= 11 is 1.29. The third kappa shape index (κ3) is 2.76. The van der Waals surface area contributed by atoms with Gasteiger partial charge in [0, 0.05) is 4.90 Å². The summed E-state index contributed by atoms with van der Waals surface area (Å²) in [4.78, 5) is 1.12. The Hall–Kier alpha value is -0.990. The molecule has 0 aliphatic carbocycles. The monoisotopic (exact) mass is 205 g/mol. The van der Waals surface area contributed by atoms with Gasteiger partial charge in [0.05, 0.1) is 0 Å². The van der Waals surface area contributed by atoms with Crippen molar-refractivity contribution in [3.63, 3.8) is 0 Å². The molecule has 0 fully saturated rings. The van der Waals surface area contributed by atoms with Gasteiger partial charge in [0.25, 0.3) is 0 Å². The number of nitrogens with two attached hydrogens (primary N) is 1. The van der Waals surface area contributed by atoms with Crippen LogP contribution in [-0.2, 0) is 0 Å². The highest BCUT2D eigenvalue weighted by molar-refractivity contribution is 7.97. The van der Waals surface area contributed by atoms with Gasteiger partial charge in [-0.2, -0.15) is 0 Å². The normalized spacial score (nSPS) is 10.8. The standard InChI is InChI=1S/C12H15NS/c1-9(2)7-8-11-5-4-6-12(14-13)10(11)3/h4-8H,1,13H2,2-3H3/b8-7-. The smallest absolute Gasteiger partial charge is 0.0261 e. The summed E-state index contributed by atoms with van der Waals surface area (Å²) in [6, 6.07) is 6.12. The quantitative estimate of drug-likeness (QED) is 0.603. The Morgan fingerprint density at radius 3 is 2.79 bits per heavy atom. The van der Waals surface area contributed by atoms with Gasteiger partial charge in [-0.3, -0.25) is 5.14 Å². The lowest BCUT2D eigenvalue weighted by Crippen LogP contribution is -1.87. The molecule has 1 nitrogen and oxygen atoms in total. The average molecular weight is 205 g/mol. The van der Waals surface area contributed by atoms with E-state index < -0.39 is 0 Å². The lowest BCUT2D eigenvalue weighted by Gasteiger charge is -2.05. The Bertz CT molecular complexity index is 367. The van der Waals surface area contributed by atoms with Crippen LogP contribution in [0, 0.1) is 6.92 Å². The molecule has 0 amide bonds. The second-order valence-corrected chi connectivity index (χ2v) is 3.94. The largest absolute Gasteiger partial charge is 0.274 e. The van der Waals surface area contributed by atoms with E-state index >= 15 is 0 Å². The zero-order valence-electron chi connectivity index (χ0n) is 8.58. The second-order valence-electron chi connectivity index (χ2n) is 3.27. The molecule has 14 heavy (non-hydrogen) atoms. The van der Waals surface area contributed by atoms with Gasteiger partial charge in [-0.1, -0.05) is 36.4 Å². The molecule has 0 unspecified atom stereocenters. The van der Waals surface area contributed by atoms with Crippen LogP contribution in [0.2, 0.25) is 0 Å². The van der Waals surface area contributed by atoms with Crippen LogP contribution in [0.15, 0.2) is 41.3 Å². The third-order valence-electron chi connectivity index (χ3n) is 2.00. The van der Waals surface area contributed by atoms with E-state index in [1.807, 2.05) is 25.1 Å². The summed E-state index contributed by atoms with van der Waals surface area (Å²) < 4.78 is 0. The van der Waals surface area contributed by atoms with Crippen LogP contribution in [0.4, 0.5) is 0 Å². The summed E-state index contributed by atoms with van der Waals surface area (Å²) in [5.74, 6) is 0. The van der Waals surface area contributed by atoms with Crippen molar-refractivity contribution in [3.8, 4) is 0 Å². The van der Waals surface area contributed by atoms with E-state index in [-0.39, 0.29) is 0 Å². The molecule has 1 aromatic carbocycles. The molecule has 1 aromatic rings. The van der Waals surface area contributed by atoms with Gasteiger partial charge in [-0.25, -0.2) is 0 Å². The summed E-state index contributed by atoms with van der Waals surface area (Å²) in [5, 5.41) is 5.55. The van der Waals surface area contributed by atoms with E-state index in [0.29, 0.717) is 0 Å². The molecule has 74 valence electrons. The van der Waals surface area contributed by atoms with Crippen molar-refractivity contribution in [2.75, 3.05) is 0 Å². The van der Waals surface area contributed by atoms with Crippen molar-refractivity contribution in [2.45, 2.75) is 18.7 Å². The fourth-order valence-electron chi connectivity index (χ4n) is 1.17. The third-order valence-corrected chi connectivity index (χ3v) is 2.70. The summed E-state index contributed by atoms with van der Waals surface area (Å²) in [5.41, 5.74) is 3.47. The molecule has 0 aromatic heterocycles. The van der Waals surface area contributed by atoms with Crippen molar-refractivity contribution in [3.05, 3.63) is 47.6 Å². The molecule has 0 radical (unpaired) electrons. The van der Waals surface area contributed by atoms with Crippen LogP contribution in [0.5, 0.6) is 0 Å². The molecular weight excluding hydrogens is 190 g/mol. The lowest BCUT2D eigenvalue weighted by atomic mass is 10.1. The molecule has 2 heteroatoms. The number of hydrogen-bond donors (Lipinski definition) is 1. The van der Waals surface area contributed by atoms with E-state index in [0.717, 1.165) is 10.5 Å². The number of benzene rings is 1. The topological polar surface area (TPSA) is 26.0 Å². The van der Waals surface area contributed by atoms with Gasteiger partial charge in [0.15, 0.2) is 0 Å². The Labute approximate surface area is 89.8 Å². The van der Waals surface area contributed by atoms with Crippen LogP contribution >= 0.6 is 11.9 Å². The Balaban J connectivity index is 3.03. The van der Waals surface area contributed by atoms with E-state index in [9.17, 15) is 0 Å². The first kappa shape index (κ1) is 11.1. The molecule has 2 N–H and O–H groups in total. The van der Waals surface area contributed by atoms with Crippen LogP contribution in [0.3, 0.4) is 0 Å². The highest BCUT2D eigenvalue weighted by atomic mass is 32.2. The Kier molecular flexibility index (Phi) is 3.98. The maximum Gasteiger partial charge on any atom is 0.0261 e. The summed E-state index contributed by atoms with van der Waals surface area (Å²) in [7, 11) is 0. The van der Waals surface area contributed by atoms with Crippen molar-refractivity contribution < 1.29 is 0 Å². The Morgan fingerprint density at radius 1 is 1.50 bits per heavy atom. The molecule has 0 aliphatic heterocycles. The summed E-state index contributed by atoms with van der Waals surface area (Å²) in [6.07, 6.45) is 4.07. The van der Waals surface area contributed by atoms with Crippen molar-refractivity contribution in [2.24, 2.45) is 5.14 Å². The maximum atomic E-state index is 5.55. The molecule has 0 aliphatic rings. The fraction of sp³-hybridized carbons (Fsp3) is 0.167. The molecule has 0 atom stereocenters. The zero-order chi connectivity index (χ0) is 10.6. The molecule has 0 saturated carbocycles. The SMILES string of the molecule is C=C(C)/C=C\c1cccc(SN)c1C. The number of hydrogen-bond acceptors (Lipinski definition) is 2. The first-order valence-electron chi connectivity index (χ1n) is 4.45. The minimum absolute atomic E-state index is 1.05. The van der Waals surface area contributed by atoms with E-state index in [1.165, 1.54) is 23.1 Å². The average Bonchev–Trinajstić information content (AvgIpc) is 2.16. The number of rotatable bonds is 3. The van der Waals surface area contributed by atoms with Gasteiger partial charge in [-0.05, 0) is 43.0 Å². The molecule has 1 rings (SSSR count). The highest BCUT2D eigenvalue weighted by Crippen LogP contribution is 2.21. The second kappa shape index (κ2) is 5.03. The highest BCUT2D eigenvalue weighted by Gasteiger charge is 1.99. The van der Waals surface area contributed by atoms with Crippen LogP contribution < -0.4 is 5.14 Å². The predicted molar refractivity (Wildman–Crippen MR) is 65.1 cm³/mol. The van der Waals surface area contributed by atoms with Gasteiger partial charge >= 0.3 is 0 Å². The lowest BCUT2D eigenvalue weighted by molar-refractivity contribution is 1.29. The van der Waals surface area contributed by atoms with E-state index in [4.69, 9.17) is 5.14 Å². The van der Waals surface area contributed by atoms with Gasteiger partial charge in [-0.15, -0.1) is 0 Å². The fourth-order valence-corrected chi connectivity index (χ4v) is 1.62. The van der Waals surface area contributed by atoms with E-state index in [1.54, 1.807) is 0 Å². The van der Waals surface area contributed by atoms with Crippen LogP contribution in [0.25, 0.3) is 6.08 Å². The first-order valence-corrected chi connectivity index (χ1v) is 5.33. The maximum absolute atomic E-state index is 5.55. The molecule has 0 heterocycles. The van der Waals surface area contributed by atoms with Crippen molar-refractivity contribution >= 4 is 18.0 Å². The predicted octanol–water partition coefficient (Wildman–Crippen LogP) is 3.55. The molecule has 0 spiro atoms. The van der Waals surface area contributed by atoms with Crippen molar-refractivity contribution in [1.82, 2.24) is 0 Å². The van der Waals surface area contributed by atoms with Gasteiger partial charge in [0.2, 0.25) is 0 Å². The minimum atomic E-state index is 1.05. The van der Waals surface area contributed by atoms with Crippen molar-refractivity contribution in [1.29, 1.82) is 0 Å². The Morgan fingerprint density at radius 2 is 2.21 bits per heavy atom. The number of allylic oxidation sites excluding steroid dienone is 2. The molecule has 0 bridgehead atoms. The minimum Gasteiger partial charge on any atom is -0.274 e. The van der Waals surface area contributed by atoms with Gasteiger partial charge in [0.1, 0.15) is 0 Å². The van der Waals surface area contributed by atoms with Gasteiger partial charge < -0.3 is 0 Å². The van der Waals surface area contributed by atoms with Crippen LogP contribution in [-0.4, -0.2) is 0 Å². The first-order chi connectivity index (χ1) is 6.65. The van der Waals surface area contributed by atoms with E-state index in [2.05, 4.69) is 25.6 Å².